The van der Waals surface area contributed by atoms with Crippen molar-refractivity contribution < 1.29 is 10.0 Å². The molecule has 96 valence electrons. The van der Waals surface area contributed by atoms with Crippen molar-refractivity contribution in [2.45, 2.75) is 25.1 Å². The Morgan fingerprint density at radius 2 is 1.74 bits per heavy atom. The van der Waals surface area contributed by atoms with Crippen molar-refractivity contribution in [1.82, 2.24) is 0 Å². The van der Waals surface area contributed by atoms with E-state index in [0.29, 0.717) is 5.92 Å². The molecule has 2 aromatic rings. The Hall–Kier alpha value is -1.58. The smallest absolute Gasteiger partial charge is 0.427 e. The van der Waals surface area contributed by atoms with Crippen LogP contribution < -0.4 is 0 Å². The van der Waals surface area contributed by atoms with Crippen molar-refractivity contribution >= 4 is 7.12 Å². The third-order valence-electron chi connectivity index (χ3n) is 3.92. The highest BCUT2D eigenvalue weighted by molar-refractivity contribution is 6.44. The molecule has 0 bridgehead atoms. The zero-order valence-electron chi connectivity index (χ0n) is 11.0. The molecule has 1 saturated carbocycles. The summed E-state index contributed by atoms with van der Waals surface area (Å²) in [6.07, 6.45) is 0.870. The summed E-state index contributed by atoms with van der Waals surface area (Å²) in [4.78, 5) is 0. The largest absolute Gasteiger partial charge is 0.455 e. The number of hydrogen-bond acceptors (Lipinski definition) is 2. The van der Waals surface area contributed by atoms with Crippen molar-refractivity contribution in [3.05, 3.63) is 59.7 Å². The molecule has 0 heterocycles. The van der Waals surface area contributed by atoms with E-state index in [1.54, 1.807) is 0 Å². The molecule has 0 aromatic heterocycles. The molecule has 1 aliphatic carbocycles. The lowest BCUT2D eigenvalue weighted by molar-refractivity contribution is 0.402. The third-order valence-corrected chi connectivity index (χ3v) is 3.92. The first-order valence-corrected chi connectivity index (χ1v) is 6.68. The zero-order valence-corrected chi connectivity index (χ0v) is 11.0. The van der Waals surface area contributed by atoms with E-state index in [1.165, 1.54) is 22.3 Å². The fourth-order valence-electron chi connectivity index (χ4n) is 2.62. The van der Waals surface area contributed by atoms with Crippen LogP contribution in [0.3, 0.4) is 0 Å². The van der Waals surface area contributed by atoms with Gasteiger partial charge in [-0.3, -0.25) is 0 Å². The molecule has 0 unspecified atom stereocenters. The van der Waals surface area contributed by atoms with Crippen molar-refractivity contribution in [2.24, 2.45) is 0 Å². The van der Waals surface area contributed by atoms with Crippen LogP contribution in [0.5, 0.6) is 0 Å². The number of aryl methyl sites for hydroxylation is 1. The lowest BCUT2D eigenvalue weighted by Gasteiger charge is -2.06. The Bertz CT molecular complexity index is 578. The minimum Gasteiger partial charge on any atom is -0.427 e. The predicted molar refractivity (Wildman–Crippen MR) is 77.9 cm³/mol. The van der Waals surface area contributed by atoms with Crippen molar-refractivity contribution in [3.8, 4) is 11.1 Å². The Balaban J connectivity index is 1.86. The second-order valence-corrected chi connectivity index (χ2v) is 5.41. The lowest BCUT2D eigenvalue weighted by Crippen LogP contribution is -2.11. The van der Waals surface area contributed by atoms with E-state index >= 15 is 0 Å². The highest BCUT2D eigenvalue weighted by atomic mass is 16.4. The molecule has 3 rings (SSSR count). The van der Waals surface area contributed by atoms with E-state index in [4.69, 9.17) is 0 Å². The summed E-state index contributed by atoms with van der Waals surface area (Å²) < 4.78 is 0. The van der Waals surface area contributed by atoms with Gasteiger partial charge in [0.05, 0.1) is 0 Å². The second-order valence-electron chi connectivity index (χ2n) is 5.41. The van der Waals surface area contributed by atoms with Gasteiger partial charge in [-0.2, -0.15) is 0 Å². The third kappa shape index (κ3) is 2.58. The van der Waals surface area contributed by atoms with Gasteiger partial charge in [-0.05, 0) is 36.0 Å². The topological polar surface area (TPSA) is 40.5 Å². The van der Waals surface area contributed by atoms with Crippen LogP contribution in [0, 0.1) is 6.92 Å². The first-order valence-electron chi connectivity index (χ1n) is 6.68. The van der Waals surface area contributed by atoms with Gasteiger partial charge in [0.15, 0.2) is 0 Å². The standard InChI is InChI=1S/C16H17BO2/c1-11-5-7-12(8-6-11)13-3-2-4-14(9-13)15-10-16(15)17(18)19/h2-9,15-16,18-19H,10H2,1H3/t15-,16+/m0/s1. The predicted octanol–water partition coefficient (Wildman–Crippen LogP) is 2.99. The van der Waals surface area contributed by atoms with Gasteiger partial charge in [0.25, 0.3) is 0 Å². The van der Waals surface area contributed by atoms with Gasteiger partial charge < -0.3 is 10.0 Å². The average Bonchev–Trinajstić information content (AvgIpc) is 3.20. The molecule has 0 radical (unpaired) electrons. The van der Waals surface area contributed by atoms with Crippen LogP contribution in [0.1, 0.15) is 23.5 Å². The number of hydrogen-bond donors (Lipinski definition) is 2. The SMILES string of the molecule is Cc1ccc(-c2cccc([C@@H]3C[C@H]3B(O)O)c2)cc1. The van der Waals surface area contributed by atoms with E-state index in [9.17, 15) is 10.0 Å². The molecule has 1 aliphatic rings. The average molecular weight is 252 g/mol. The van der Waals surface area contributed by atoms with E-state index in [1.807, 2.05) is 6.07 Å². The summed E-state index contributed by atoms with van der Waals surface area (Å²) in [5.74, 6) is 0.304. The van der Waals surface area contributed by atoms with Gasteiger partial charge in [0.2, 0.25) is 0 Å². The fraction of sp³-hybridized carbons (Fsp3) is 0.250. The highest BCUT2D eigenvalue weighted by Crippen LogP contribution is 2.53. The summed E-state index contributed by atoms with van der Waals surface area (Å²) >= 11 is 0. The molecule has 0 amide bonds. The minimum absolute atomic E-state index is 0.00766. The first kappa shape index (κ1) is 12.5. The molecule has 0 saturated heterocycles. The molecule has 2 N–H and O–H groups in total. The van der Waals surface area contributed by atoms with Crippen LogP contribution in [0.2, 0.25) is 5.82 Å². The molecule has 0 aliphatic heterocycles. The molecule has 2 nitrogen and oxygen atoms in total. The van der Waals surface area contributed by atoms with Crippen LogP contribution in [0.25, 0.3) is 11.1 Å². The van der Waals surface area contributed by atoms with Crippen molar-refractivity contribution in [1.29, 1.82) is 0 Å². The zero-order chi connectivity index (χ0) is 13.4. The molecule has 0 spiro atoms. The Labute approximate surface area is 113 Å². The molecular formula is C16H17BO2. The van der Waals surface area contributed by atoms with Crippen LogP contribution in [-0.4, -0.2) is 17.2 Å². The summed E-state index contributed by atoms with van der Waals surface area (Å²) in [7, 11) is -1.19. The molecule has 1 fully saturated rings. The maximum absolute atomic E-state index is 9.20. The van der Waals surface area contributed by atoms with Gasteiger partial charge in [0, 0.05) is 5.82 Å². The van der Waals surface area contributed by atoms with E-state index < -0.39 is 7.12 Å². The van der Waals surface area contributed by atoms with Crippen LogP contribution in [-0.2, 0) is 0 Å². The van der Waals surface area contributed by atoms with E-state index in [2.05, 4.69) is 49.4 Å². The van der Waals surface area contributed by atoms with Crippen molar-refractivity contribution in [2.75, 3.05) is 0 Å². The Kier molecular flexibility index (Phi) is 3.17. The normalized spacial score (nSPS) is 21.2. The summed E-state index contributed by atoms with van der Waals surface area (Å²) in [5, 5.41) is 18.4. The Morgan fingerprint density at radius 3 is 2.37 bits per heavy atom. The Morgan fingerprint density at radius 1 is 1.00 bits per heavy atom. The quantitative estimate of drug-likeness (QED) is 0.824. The van der Waals surface area contributed by atoms with E-state index in [0.717, 1.165) is 6.42 Å². The summed E-state index contributed by atoms with van der Waals surface area (Å²) in [5.41, 5.74) is 4.85. The maximum Gasteiger partial charge on any atom is 0.455 e. The van der Waals surface area contributed by atoms with Crippen LogP contribution in [0.15, 0.2) is 48.5 Å². The van der Waals surface area contributed by atoms with Gasteiger partial charge in [-0.1, -0.05) is 54.1 Å². The highest BCUT2D eigenvalue weighted by Gasteiger charge is 2.46. The van der Waals surface area contributed by atoms with Gasteiger partial charge >= 0.3 is 7.12 Å². The summed E-state index contributed by atoms with van der Waals surface area (Å²) in [6.45, 7) is 2.08. The maximum atomic E-state index is 9.20. The minimum atomic E-state index is -1.19. The fourth-order valence-corrected chi connectivity index (χ4v) is 2.62. The van der Waals surface area contributed by atoms with Crippen molar-refractivity contribution in [3.63, 3.8) is 0 Å². The van der Waals surface area contributed by atoms with Crippen LogP contribution in [0.4, 0.5) is 0 Å². The molecule has 19 heavy (non-hydrogen) atoms. The van der Waals surface area contributed by atoms with Gasteiger partial charge in [0.1, 0.15) is 0 Å². The summed E-state index contributed by atoms with van der Waals surface area (Å²) in [6, 6.07) is 16.9. The number of benzene rings is 2. The molecule has 2 atom stereocenters. The first-order chi connectivity index (χ1) is 9.15. The molecule has 3 heteroatoms. The van der Waals surface area contributed by atoms with Gasteiger partial charge in [-0.25, -0.2) is 0 Å². The second kappa shape index (κ2) is 4.84. The molecule has 2 aromatic carbocycles. The molecular weight excluding hydrogens is 235 g/mol. The van der Waals surface area contributed by atoms with Crippen LogP contribution >= 0.6 is 0 Å². The van der Waals surface area contributed by atoms with Gasteiger partial charge in [-0.15, -0.1) is 0 Å². The van der Waals surface area contributed by atoms with E-state index in [-0.39, 0.29) is 5.82 Å². The monoisotopic (exact) mass is 252 g/mol. The lowest BCUT2D eigenvalue weighted by atomic mass is 9.81. The number of rotatable bonds is 3.